The van der Waals surface area contributed by atoms with Crippen LogP contribution in [0, 0.1) is 0 Å². The molecule has 4 rings (SSSR count). The van der Waals surface area contributed by atoms with Crippen molar-refractivity contribution in [1.82, 2.24) is 4.98 Å². The Hall–Kier alpha value is -3.03. The molecule has 0 amide bonds. The van der Waals surface area contributed by atoms with Crippen LogP contribution < -0.4 is 15.4 Å². The number of halogens is 1. The largest absolute Gasteiger partial charge is 0.386 e. The Balaban J connectivity index is 0.00000240. The van der Waals surface area contributed by atoms with E-state index in [4.69, 9.17) is 4.98 Å². The molecule has 0 unspecified atom stereocenters. The summed E-state index contributed by atoms with van der Waals surface area (Å²) < 4.78 is 25.5. The van der Waals surface area contributed by atoms with Gasteiger partial charge in [0.2, 0.25) is 10.0 Å². The van der Waals surface area contributed by atoms with Crippen LogP contribution in [-0.2, 0) is 10.0 Å². The summed E-state index contributed by atoms with van der Waals surface area (Å²) in [6, 6.07) is 21.3. The van der Waals surface area contributed by atoms with E-state index in [-0.39, 0.29) is 12.4 Å². The highest BCUT2D eigenvalue weighted by Gasteiger charge is 2.12. The molecule has 0 saturated heterocycles. The van der Waals surface area contributed by atoms with Crippen molar-refractivity contribution in [2.75, 3.05) is 28.7 Å². The van der Waals surface area contributed by atoms with Crippen molar-refractivity contribution in [2.24, 2.45) is 0 Å². The summed E-state index contributed by atoms with van der Waals surface area (Å²) in [5.74, 6) is 0. The van der Waals surface area contributed by atoms with Gasteiger partial charge in [-0.05, 0) is 30.3 Å². The van der Waals surface area contributed by atoms with Crippen molar-refractivity contribution in [3.8, 4) is 0 Å². The fourth-order valence-corrected chi connectivity index (χ4v) is 3.80. The summed E-state index contributed by atoms with van der Waals surface area (Å²) in [6.45, 7) is 0. The Kier molecular flexibility index (Phi) is 5.81. The molecule has 6 nitrogen and oxygen atoms in total. The first-order chi connectivity index (χ1) is 13.4. The van der Waals surface area contributed by atoms with E-state index in [1.54, 1.807) is 19.2 Å². The molecule has 0 atom stereocenters. The molecule has 0 fully saturated rings. The molecule has 0 aliphatic carbocycles. The third kappa shape index (κ3) is 4.36. The molecule has 1 heterocycles. The Morgan fingerprint density at radius 3 is 1.97 bits per heavy atom. The number of para-hydroxylation sites is 2. The Morgan fingerprint density at radius 1 is 0.828 bits per heavy atom. The van der Waals surface area contributed by atoms with E-state index in [1.807, 2.05) is 54.6 Å². The highest BCUT2D eigenvalue weighted by molar-refractivity contribution is 7.92. The van der Waals surface area contributed by atoms with Crippen LogP contribution in [0.5, 0.6) is 0 Å². The maximum atomic E-state index is 11.5. The topological polar surface area (TPSA) is 83.1 Å². The number of anilines is 4. The number of benzene rings is 3. The first-order valence-corrected chi connectivity index (χ1v) is 10.7. The molecule has 150 valence electrons. The lowest BCUT2D eigenvalue weighted by Crippen LogP contribution is -2.10. The first-order valence-electron chi connectivity index (χ1n) is 8.79. The Labute approximate surface area is 175 Å². The number of pyridine rings is 1. The number of hydrogen-bond acceptors (Lipinski definition) is 5. The average molecular weight is 429 g/mol. The number of aromatic nitrogens is 1. The minimum atomic E-state index is -3.34. The molecule has 0 aliphatic rings. The number of nitrogens with one attached hydrogen (secondary N) is 3. The third-order valence-electron chi connectivity index (χ3n) is 4.44. The van der Waals surface area contributed by atoms with E-state index in [1.165, 1.54) is 0 Å². The maximum absolute atomic E-state index is 11.5. The molecule has 0 saturated carbocycles. The molecule has 3 aromatic carbocycles. The van der Waals surface area contributed by atoms with Crippen molar-refractivity contribution in [3.63, 3.8) is 0 Å². The van der Waals surface area contributed by atoms with Gasteiger partial charge in [0.15, 0.2) is 0 Å². The van der Waals surface area contributed by atoms with Gasteiger partial charge in [0.05, 0.1) is 40.0 Å². The highest BCUT2D eigenvalue weighted by Crippen LogP contribution is 2.36. The summed E-state index contributed by atoms with van der Waals surface area (Å²) in [4.78, 5) is 4.74. The molecular weight excluding hydrogens is 408 g/mol. The smallest absolute Gasteiger partial charge is 0.229 e. The molecular formula is C21H21ClN4O2S. The fourth-order valence-electron chi connectivity index (χ4n) is 3.25. The van der Waals surface area contributed by atoms with Crippen molar-refractivity contribution in [2.45, 2.75) is 0 Å². The van der Waals surface area contributed by atoms with Gasteiger partial charge in [0, 0.05) is 17.8 Å². The van der Waals surface area contributed by atoms with Crippen LogP contribution >= 0.6 is 12.4 Å². The molecule has 4 aromatic rings. The highest BCUT2D eigenvalue weighted by atomic mass is 35.5. The minimum absolute atomic E-state index is 0. The predicted molar refractivity (Wildman–Crippen MR) is 124 cm³/mol. The lowest BCUT2D eigenvalue weighted by molar-refractivity contribution is 0.607. The second-order valence-electron chi connectivity index (χ2n) is 6.53. The quantitative estimate of drug-likeness (QED) is 0.391. The van der Waals surface area contributed by atoms with Crippen LogP contribution in [0.15, 0.2) is 66.7 Å². The molecule has 1 aromatic heterocycles. The van der Waals surface area contributed by atoms with Gasteiger partial charge in [-0.2, -0.15) is 0 Å². The minimum Gasteiger partial charge on any atom is -0.386 e. The van der Waals surface area contributed by atoms with E-state index < -0.39 is 10.0 Å². The number of rotatable bonds is 5. The zero-order valence-electron chi connectivity index (χ0n) is 15.9. The van der Waals surface area contributed by atoms with E-state index in [2.05, 4.69) is 15.4 Å². The van der Waals surface area contributed by atoms with Gasteiger partial charge in [0.1, 0.15) is 0 Å². The van der Waals surface area contributed by atoms with Gasteiger partial charge < -0.3 is 10.6 Å². The Morgan fingerprint density at radius 2 is 1.41 bits per heavy atom. The van der Waals surface area contributed by atoms with Crippen LogP contribution in [0.4, 0.5) is 22.7 Å². The molecule has 29 heavy (non-hydrogen) atoms. The first kappa shape index (κ1) is 20.7. The second-order valence-corrected chi connectivity index (χ2v) is 8.28. The van der Waals surface area contributed by atoms with Crippen molar-refractivity contribution >= 4 is 67.0 Å². The number of nitrogens with zero attached hydrogens (tertiary/aromatic N) is 1. The fraction of sp³-hybridized carbons (Fsp3) is 0.0952. The lowest BCUT2D eigenvalue weighted by Gasteiger charge is -2.17. The second kappa shape index (κ2) is 8.14. The van der Waals surface area contributed by atoms with Gasteiger partial charge in [-0.25, -0.2) is 13.4 Å². The summed E-state index contributed by atoms with van der Waals surface area (Å²) in [5, 5.41) is 8.68. The van der Waals surface area contributed by atoms with Crippen molar-refractivity contribution < 1.29 is 8.42 Å². The summed E-state index contributed by atoms with van der Waals surface area (Å²) >= 11 is 0. The SMILES string of the molecule is CNc1cc(NS(C)(=O)=O)ccc1Nc1c2ccccc2nc2ccccc12.Cl. The monoisotopic (exact) mass is 428 g/mol. The van der Waals surface area contributed by atoms with Crippen LogP contribution in [0.2, 0.25) is 0 Å². The Bertz CT molecular complexity index is 1240. The van der Waals surface area contributed by atoms with Gasteiger partial charge in [-0.1, -0.05) is 36.4 Å². The summed E-state index contributed by atoms with van der Waals surface area (Å²) in [7, 11) is -1.54. The molecule has 0 radical (unpaired) electrons. The number of fused-ring (bicyclic) bond motifs is 2. The zero-order chi connectivity index (χ0) is 19.7. The van der Waals surface area contributed by atoms with Gasteiger partial charge in [-0.3, -0.25) is 4.72 Å². The van der Waals surface area contributed by atoms with E-state index in [0.29, 0.717) is 5.69 Å². The standard InChI is InChI=1S/C21H20N4O2S.ClH/c1-22-20-13-14(25-28(2,26)27)11-12-19(20)24-21-15-7-3-5-9-17(15)23-18-10-6-4-8-16(18)21;/h3-13,22,25H,1-2H3,(H,23,24);1H. The molecule has 0 aliphatic heterocycles. The zero-order valence-corrected chi connectivity index (χ0v) is 17.6. The van der Waals surface area contributed by atoms with E-state index in [9.17, 15) is 8.42 Å². The van der Waals surface area contributed by atoms with Crippen molar-refractivity contribution in [3.05, 3.63) is 66.7 Å². The summed E-state index contributed by atoms with van der Waals surface area (Å²) in [5.41, 5.74) is 4.89. The lowest BCUT2D eigenvalue weighted by atomic mass is 10.1. The molecule has 0 spiro atoms. The van der Waals surface area contributed by atoms with Gasteiger partial charge in [0.25, 0.3) is 0 Å². The predicted octanol–water partition coefficient (Wildman–Crippen LogP) is 4.97. The summed E-state index contributed by atoms with van der Waals surface area (Å²) in [6.07, 6.45) is 1.13. The van der Waals surface area contributed by atoms with Gasteiger partial charge >= 0.3 is 0 Å². The number of hydrogen-bond donors (Lipinski definition) is 3. The van der Waals surface area contributed by atoms with E-state index in [0.717, 1.165) is 45.1 Å². The van der Waals surface area contributed by atoms with E-state index >= 15 is 0 Å². The van der Waals surface area contributed by atoms with Gasteiger partial charge in [-0.15, -0.1) is 12.4 Å². The van der Waals surface area contributed by atoms with Crippen LogP contribution in [0.25, 0.3) is 21.8 Å². The average Bonchev–Trinajstić information content (AvgIpc) is 2.67. The van der Waals surface area contributed by atoms with Crippen LogP contribution in [0.3, 0.4) is 0 Å². The van der Waals surface area contributed by atoms with Crippen LogP contribution in [0.1, 0.15) is 0 Å². The normalized spacial score (nSPS) is 11.1. The molecule has 0 bridgehead atoms. The molecule has 3 N–H and O–H groups in total. The third-order valence-corrected chi connectivity index (χ3v) is 5.05. The van der Waals surface area contributed by atoms with Crippen LogP contribution in [-0.4, -0.2) is 26.7 Å². The van der Waals surface area contributed by atoms with Crippen molar-refractivity contribution in [1.29, 1.82) is 0 Å². The molecule has 8 heteroatoms. The maximum Gasteiger partial charge on any atom is 0.229 e. The number of sulfonamides is 1.